The van der Waals surface area contributed by atoms with E-state index in [0.717, 1.165) is 37.9 Å². The molecule has 0 radical (unpaired) electrons. The van der Waals surface area contributed by atoms with Gasteiger partial charge in [0.2, 0.25) is 0 Å². The molecule has 0 aromatic carbocycles. The van der Waals surface area contributed by atoms with Crippen molar-refractivity contribution in [3.63, 3.8) is 0 Å². The van der Waals surface area contributed by atoms with Crippen molar-refractivity contribution in [2.24, 2.45) is 31.0 Å². The SMILES string of the molecule is CC(C)(CN=NCC(C)(C)C1=NCCN1)C1=NCCN1.Cl. The standard InChI is InChI=1S/C14H26N6.ClH/c1-13(2,11-15-5-6-16-11)9-19-20-10-14(3,4)12-17-7-8-18-12;/h5-10H2,1-4H3,(H,15,16)(H,17,18);1H. The molecule has 2 rings (SSSR count). The highest BCUT2D eigenvalue weighted by atomic mass is 35.5. The van der Waals surface area contributed by atoms with E-state index in [1.54, 1.807) is 0 Å². The van der Waals surface area contributed by atoms with Crippen LogP contribution in [0.5, 0.6) is 0 Å². The van der Waals surface area contributed by atoms with E-state index in [4.69, 9.17) is 0 Å². The van der Waals surface area contributed by atoms with Gasteiger partial charge in [-0.05, 0) is 0 Å². The van der Waals surface area contributed by atoms with Crippen molar-refractivity contribution in [3.8, 4) is 0 Å². The van der Waals surface area contributed by atoms with E-state index in [0.29, 0.717) is 13.1 Å². The van der Waals surface area contributed by atoms with Gasteiger partial charge in [-0.25, -0.2) is 0 Å². The van der Waals surface area contributed by atoms with Crippen LogP contribution in [0, 0.1) is 10.8 Å². The van der Waals surface area contributed by atoms with Gasteiger partial charge in [-0.2, -0.15) is 10.2 Å². The van der Waals surface area contributed by atoms with E-state index < -0.39 is 0 Å². The third-order valence-electron chi connectivity index (χ3n) is 3.66. The quantitative estimate of drug-likeness (QED) is 0.735. The molecule has 0 saturated carbocycles. The molecule has 2 aliphatic heterocycles. The Bertz CT molecular complexity index is 399. The molecule has 0 spiro atoms. The molecular weight excluding hydrogens is 288 g/mol. The van der Waals surface area contributed by atoms with Gasteiger partial charge in [-0.15, -0.1) is 12.4 Å². The molecule has 0 amide bonds. The topological polar surface area (TPSA) is 73.5 Å². The minimum absolute atomic E-state index is 0. The molecule has 0 atom stereocenters. The Labute approximate surface area is 133 Å². The van der Waals surface area contributed by atoms with Crippen LogP contribution in [0.4, 0.5) is 0 Å². The van der Waals surface area contributed by atoms with Crippen molar-refractivity contribution in [2.75, 3.05) is 39.3 Å². The van der Waals surface area contributed by atoms with Gasteiger partial charge in [-0.1, -0.05) is 27.7 Å². The van der Waals surface area contributed by atoms with E-state index in [1.807, 2.05) is 0 Å². The van der Waals surface area contributed by atoms with Crippen LogP contribution < -0.4 is 10.6 Å². The van der Waals surface area contributed by atoms with Gasteiger partial charge in [0, 0.05) is 23.9 Å². The lowest BCUT2D eigenvalue weighted by atomic mass is 9.91. The second kappa shape index (κ2) is 7.20. The molecule has 7 heteroatoms. The largest absolute Gasteiger partial charge is 0.371 e. The number of rotatable bonds is 6. The van der Waals surface area contributed by atoms with Crippen LogP contribution in [0.2, 0.25) is 0 Å². The second-order valence-electron chi connectivity index (χ2n) is 6.68. The summed E-state index contributed by atoms with van der Waals surface area (Å²) >= 11 is 0. The molecule has 2 aliphatic rings. The van der Waals surface area contributed by atoms with Crippen molar-refractivity contribution in [3.05, 3.63) is 0 Å². The summed E-state index contributed by atoms with van der Waals surface area (Å²) in [5.41, 5.74) is -0.124. The minimum Gasteiger partial charge on any atom is -0.371 e. The molecule has 2 N–H and O–H groups in total. The summed E-state index contributed by atoms with van der Waals surface area (Å²) in [6.07, 6.45) is 0. The molecule has 0 unspecified atom stereocenters. The van der Waals surface area contributed by atoms with Gasteiger partial charge in [0.25, 0.3) is 0 Å². The zero-order valence-electron chi connectivity index (χ0n) is 13.4. The predicted octanol–water partition coefficient (Wildman–Crippen LogP) is 1.92. The van der Waals surface area contributed by atoms with Crippen molar-refractivity contribution >= 4 is 24.1 Å². The zero-order chi connectivity index (χ0) is 14.6. The summed E-state index contributed by atoms with van der Waals surface area (Å²) in [5.74, 6) is 2.11. The summed E-state index contributed by atoms with van der Waals surface area (Å²) in [6.45, 7) is 13.5. The zero-order valence-corrected chi connectivity index (χ0v) is 14.3. The number of azo groups is 1. The fourth-order valence-corrected chi connectivity index (χ4v) is 2.31. The van der Waals surface area contributed by atoms with Crippen molar-refractivity contribution < 1.29 is 0 Å². The van der Waals surface area contributed by atoms with Crippen LogP contribution >= 0.6 is 12.4 Å². The first-order valence-electron chi connectivity index (χ1n) is 7.33. The van der Waals surface area contributed by atoms with Gasteiger partial charge in [0.1, 0.15) is 11.7 Å². The molecule has 120 valence electrons. The monoisotopic (exact) mass is 314 g/mol. The van der Waals surface area contributed by atoms with Gasteiger partial charge in [0.05, 0.1) is 26.2 Å². The molecule has 0 aliphatic carbocycles. The van der Waals surface area contributed by atoms with E-state index in [9.17, 15) is 0 Å². The summed E-state index contributed by atoms with van der Waals surface area (Å²) in [7, 11) is 0. The van der Waals surface area contributed by atoms with Crippen LogP contribution in [0.15, 0.2) is 20.2 Å². The number of hydrogen-bond acceptors (Lipinski definition) is 6. The highest BCUT2D eigenvalue weighted by Crippen LogP contribution is 2.21. The highest BCUT2D eigenvalue weighted by Gasteiger charge is 2.28. The molecule has 0 aromatic rings. The Kier molecular flexibility index (Phi) is 6.13. The summed E-state index contributed by atoms with van der Waals surface area (Å²) < 4.78 is 0. The summed E-state index contributed by atoms with van der Waals surface area (Å²) in [6, 6.07) is 0. The lowest BCUT2D eigenvalue weighted by molar-refractivity contribution is 0.479. The Morgan fingerprint density at radius 3 is 1.52 bits per heavy atom. The Morgan fingerprint density at radius 2 is 1.24 bits per heavy atom. The second-order valence-corrected chi connectivity index (χ2v) is 6.68. The molecule has 2 heterocycles. The average molecular weight is 315 g/mol. The summed E-state index contributed by atoms with van der Waals surface area (Å²) in [4.78, 5) is 8.95. The van der Waals surface area contributed by atoms with Crippen molar-refractivity contribution in [2.45, 2.75) is 27.7 Å². The first-order valence-corrected chi connectivity index (χ1v) is 7.33. The Balaban J connectivity index is 0.00000220. The highest BCUT2D eigenvalue weighted by molar-refractivity contribution is 5.89. The molecule has 0 bridgehead atoms. The maximum Gasteiger partial charge on any atom is 0.104 e. The van der Waals surface area contributed by atoms with E-state index in [-0.39, 0.29) is 23.2 Å². The smallest absolute Gasteiger partial charge is 0.104 e. The van der Waals surface area contributed by atoms with E-state index in [1.165, 1.54) is 0 Å². The fraction of sp³-hybridized carbons (Fsp3) is 0.857. The molecule has 0 aromatic heterocycles. The van der Waals surface area contributed by atoms with Crippen LogP contribution in [0.3, 0.4) is 0 Å². The molecule has 21 heavy (non-hydrogen) atoms. The Hall–Kier alpha value is -1.17. The van der Waals surface area contributed by atoms with Crippen molar-refractivity contribution in [1.82, 2.24) is 10.6 Å². The van der Waals surface area contributed by atoms with Crippen LogP contribution in [0.25, 0.3) is 0 Å². The number of nitrogens with zero attached hydrogens (tertiary/aromatic N) is 4. The van der Waals surface area contributed by atoms with Crippen LogP contribution in [-0.4, -0.2) is 50.9 Å². The number of halogens is 1. The summed E-state index contributed by atoms with van der Waals surface area (Å²) in [5, 5.41) is 15.4. The minimum atomic E-state index is -0.0622. The first kappa shape index (κ1) is 17.9. The maximum atomic E-state index is 4.47. The Morgan fingerprint density at radius 1 is 0.857 bits per heavy atom. The molecule has 0 saturated heterocycles. The molecular formula is C14H27ClN6. The predicted molar refractivity (Wildman–Crippen MR) is 90.0 cm³/mol. The van der Waals surface area contributed by atoms with E-state index >= 15 is 0 Å². The third-order valence-corrected chi connectivity index (χ3v) is 3.66. The number of amidine groups is 2. The van der Waals surface area contributed by atoms with Gasteiger partial charge in [-0.3, -0.25) is 9.98 Å². The van der Waals surface area contributed by atoms with Crippen LogP contribution in [0.1, 0.15) is 27.7 Å². The number of nitrogens with one attached hydrogen (secondary N) is 2. The number of hydrogen-bond donors (Lipinski definition) is 2. The fourth-order valence-electron chi connectivity index (χ4n) is 2.31. The first-order chi connectivity index (χ1) is 9.42. The van der Waals surface area contributed by atoms with Crippen molar-refractivity contribution in [1.29, 1.82) is 0 Å². The molecule has 6 nitrogen and oxygen atoms in total. The van der Waals surface area contributed by atoms with Gasteiger partial charge >= 0.3 is 0 Å². The normalized spacial score (nSPS) is 18.9. The molecule has 0 fully saturated rings. The average Bonchev–Trinajstić information content (AvgIpc) is 3.05. The maximum absolute atomic E-state index is 4.47. The number of aliphatic imine (C=N–C) groups is 2. The third kappa shape index (κ3) is 4.66. The van der Waals surface area contributed by atoms with E-state index in [2.05, 4.69) is 58.5 Å². The lowest BCUT2D eigenvalue weighted by Gasteiger charge is -2.24. The van der Waals surface area contributed by atoms with Crippen LogP contribution in [-0.2, 0) is 0 Å². The van der Waals surface area contributed by atoms with Gasteiger partial charge in [0.15, 0.2) is 0 Å². The van der Waals surface area contributed by atoms with Gasteiger partial charge < -0.3 is 10.6 Å². The lowest BCUT2D eigenvalue weighted by Crippen LogP contribution is -2.37.